The van der Waals surface area contributed by atoms with Crippen LogP contribution in [0.15, 0.2) is 42.5 Å². The third-order valence-electron chi connectivity index (χ3n) is 4.96. The van der Waals surface area contributed by atoms with Crippen molar-refractivity contribution in [3.05, 3.63) is 68.7 Å². The Labute approximate surface area is 210 Å². The fraction of sp³-hybridized carbons (Fsp3) is 0.417. The van der Waals surface area contributed by atoms with Crippen LogP contribution in [0.1, 0.15) is 44.2 Å². The fourth-order valence-corrected chi connectivity index (χ4v) is 4.49. The summed E-state index contributed by atoms with van der Waals surface area (Å²) in [6.45, 7) is 4.96. The summed E-state index contributed by atoms with van der Waals surface area (Å²) in [6.07, 6.45) is 2.44. The number of hydrogen-bond acceptors (Lipinski definition) is 3. The molecule has 174 valence electrons. The maximum atomic E-state index is 13.2. The number of amides is 2. The van der Waals surface area contributed by atoms with Gasteiger partial charge in [-0.25, -0.2) is 0 Å². The average molecular weight is 516 g/mol. The molecule has 0 aliphatic rings. The van der Waals surface area contributed by atoms with E-state index in [4.69, 9.17) is 34.8 Å². The first kappa shape index (κ1) is 26.8. The largest absolute Gasteiger partial charge is 0.354 e. The Hall–Kier alpha value is -1.40. The number of nitrogens with one attached hydrogen (secondary N) is 1. The summed E-state index contributed by atoms with van der Waals surface area (Å²) < 4.78 is 0. The van der Waals surface area contributed by atoms with Gasteiger partial charge in [-0.05, 0) is 48.2 Å². The second kappa shape index (κ2) is 14.0. The molecule has 0 saturated carbocycles. The predicted molar refractivity (Wildman–Crippen MR) is 137 cm³/mol. The van der Waals surface area contributed by atoms with Crippen molar-refractivity contribution in [2.45, 2.75) is 51.4 Å². The van der Waals surface area contributed by atoms with Crippen LogP contribution in [0.5, 0.6) is 0 Å². The van der Waals surface area contributed by atoms with Crippen LogP contribution in [0.4, 0.5) is 0 Å². The maximum absolute atomic E-state index is 13.2. The lowest BCUT2D eigenvalue weighted by molar-refractivity contribution is -0.139. The molecule has 4 nitrogen and oxygen atoms in total. The minimum Gasteiger partial charge on any atom is -0.354 e. The maximum Gasteiger partial charge on any atom is 0.242 e. The molecule has 0 spiro atoms. The van der Waals surface area contributed by atoms with Gasteiger partial charge in [0.1, 0.15) is 6.04 Å². The molecular formula is C24H29Cl3N2O2S. The summed E-state index contributed by atoms with van der Waals surface area (Å²) in [5.41, 5.74) is 1.92. The van der Waals surface area contributed by atoms with Crippen molar-refractivity contribution in [1.29, 1.82) is 0 Å². The molecule has 32 heavy (non-hydrogen) atoms. The van der Waals surface area contributed by atoms with Crippen molar-refractivity contribution >= 4 is 58.4 Å². The van der Waals surface area contributed by atoms with E-state index in [0.717, 1.165) is 24.0 Å². The topological polar surface area (TPSA) is 49.4 Å². The number of halogens is 3. The van der Waals surface area contributed by atoms with Gasteiger partial charge >= 0.3 is 0 Å². The standard InChI is InChI=1S/C24H29Cl3N2O2S/c1-3-5-12-28-24(31)22(4-2)29(14-17-6-9-19(25)10-7-17)23(30)16-32-15-18-8-11-20(26)21(27)13-18/h6-11,13,22H,3-5,12,14-16H2,1-2H3,(H,28,31). The Kier molecular flexibility index (Phi) is 11.7. The molecule has 0 saturated heterocycles. The smallest absolute Gasteiger partial charge is 0.242 e. The van der Waals surface area contributed by atoms with Crippen LogP contribution in [-0.2, 0) is 21.9 Å². The Bertz CT molecular complexity index is 893. The van der Waals surface area contributed by atoms with E-state index in [1.54, 1.807) is 23.1 Å². The predicted octanol–water partition coefficient (Wildman–Crippen LogP) is 6.60. The van der Waals surface area contributed by atoms with Crippen LogP contribution in [0.3, 0.4) is 0 Å². The van der Waals surface area contributed by atoms with Gasteiger partial charge in [0.25, 0.3) is 0 Å². The minimum atomic E-state index is -0.527. The number of hydrogen-bond donors (Lipinski definition) is 1. The highest BCUT2D eigenvalue weighted by molar-refractivity contribution is 7.99. The molecule has 1 atom stereocenters. The van der Waals surface area contributed by atoms with E-state index >= 15 is 0 Å². The number of rotatable bonds is 12. The van der Waals surface area contributed by atoms with Gasteiger partial charge in [-0.3, -0.25) is 9.59 Å². The van der Waals surface area contributed by atoms with Crippen LogP contribution in [0.2, 0.25) is 15.1 Å². The second-order valence-corrected chi connectivity index (χ2v) is 9.69. The highest BCUT2D eigenvalue weighted by Crippen LogP contribution is 2.25. The molecule has 8 heteroatoms. The van der Waals surface area contributed by atoms with Gasteiger partial charge in [0.15, 0.2) is 0 Å². The number of benzene rings is 2. The van der Waals surface area contributed by atoms with Crippen molar-refractivity contribution in [2.24, 2.45) is 0 Å². The number of carbonyl (C=O) groups excluding carboxylic acids is 2. The third-order valence-corrected chi connectivity index (χ3v) is 6.94. The monoisotopic (exact) mass is 514 g/mol. The summed E-state index contributed by atoms with van der Waals surface area (Å²) in [5.74, 6) is 0.684. The summed E-state index contributed by atoms with van der Waals surface area (Å²) in [6, 6.07) is 12.3. The Morgan fingerprint density at radius 2 is 1.69 bits per heavy atom. The van der Waals surface area contributed by atoms with E-state index in [-0.39, 0.29) is 17.6 Å². The second-order valence-electron chi connectivity index (χ2n) is 7.46. The fourth-order valence-electron chi connectivity index (χ4n) is 3.18. The molecule has 1 N–H and O–H groups in total. The molecule has 0 aromatic heterocycles. The van der Waals surface area contributed by atoms with Crippen molar-refractivity contribution < 1.29 is 9.59 Å². The highest BCUT2D eigenvalue weighted by Gasteiger charge is 2.28. The first-order valence-corrected chi connectivity index (χ1v) is 13.0. The first-order valence-electron chi connectivity index (χ1n) is 10.7. The molecule has 2 aromatic rings. The zero-order chi connectivity index (χ0) is 23.5. The molecule has 0 aliphatic carbocycles. The van der Waals surface area contributed by atoms with E-state index in [2.05, 4.69) is 12.2 Å². The van der Waals surface area contributed by atoms with Crippen molar-refractivity contribution in [3.63, 3.8) is 0 Å². The van der Waals surface area contributed by atoms with Crippen LogP contribution in [-0.4, -0.2) is 35.1 Å². The van der Waals surface area contributed by atoms with Gasteiger partial charge in [-0.15, -0.1) is 11.8 Å². The van der Waals surface area contributed by atoms with Gasteiger partial charge < -0.3 is 10.2 Å². The van der Waals surface area contributed by atoms with Gasteiger partial charge in [-0.2, -0.15) is 0 Å². The van der Waals surface area contributed by atoms with Gasteiger partial charge in [-0.1, -0.05) is 73.3 Å². The SMILES string of the molecule is CCCCNC(=O)C(CC)N(Cc1ccc(Cl)cc1)C(=O)CSCc1ccc(Cl)c(Cl)c1. The normalized spacial score (nSPS) is 11.8. The number of thioether (sulfide) groups is 1. The highest BCUT2D eigenvalue weighted by atomic mass is 35.5. The molecule has 2 rings (SSSR count). The van der Waals surface area contributed by atoms with Crippen LogP contribution < -0.4 is 5.32 Å². The average Bonchev–Trinajstić information content (AvgIpc) is 2.77. The third kappa shape index (κ3) is 8.51. The van der Waals surface area contributed by atoms with Crippen molar-refractivity contribution in [1.82, 2.24) is 10.2 Å². The molecule has 0 heterocycles. The lowest BCUT2D eigenvalue weighted by atomic mass is 10.1. The van der Waals surface area contributed by atoms with Crippen molar-refractivity contribution in [2.75, 3.05) is 12.3 Å². The molecule has 0 radical (unpaired) electrons. The lowest BCUT2D eigenvalue weighted by Crippen LogP contribution is -2.49. The van der Waals surface area contributed by atoms with Gasteiger partial charge in [0.2, 0.25) is 11.8 Å². The Morgan fingerprint density at radius 1 is 1.00 bits per heavy atom. The molecule has 0 aliphatic heterocycles. The van der Waals surface area contributed by atoms with Crippen LogP contribution in [0.25, 0.3) is 0 Å². The Balaban J connectivity index is 2.10. The van der Waals surface area contributed by atoms with Gasteiger partial charge in [0, 0.05) is 23.9 Å². The van der Waals surface area contributed by atoms with Gasteiger partial charge in [0.05, 0.1) is 15.8 Å². The summed E-state index contributed by atoms with van der Waals surface area (Å²) in [4.78, 5) is 27.7. The number of carbonyl (C=O) groups is 2. The zero-order valence-corrected chi connectivity index (χ0v) is 21.5. The van der Waals surface area contributed by atoms with E-state index in [9.17, 15) is 9.59 Å². The molecule has 2 aromatic carbocycles. The van der Waals surface area contributed by atoms with E-state index in [1.807, 2.05) is 31.2 Å². The summed E-state index contributed by atoms with van der Waals surface area (Å²) >= 11 is 19.5. The van der Waals surface area contributed by atoms with E-state index < -0.39 is 6.04 Å². The summed E-state index contributed by atoms with van der Waals surface area (Å²) in [7, 11) is 0. The van der Waals surface area contributed by atoms with Crippen molar-refractivity contribution in [3.8, 4) is 0 Å². The molecular weight excluding hydrogens is 487 g/mol. The lowest BCUT2D eigenvalue weighted by Gasteiger charge is -2.30. The Morgan fingerprint density at radius 3 is 2.31 bits per heavy atom. The number of unbranched alkanes of at least 4 members (excludes halogenated alkanes) is 1. The first-order chi connectivity index (χ1) is 15.3. The van der Waals surface area contributed by atoms with E-state index in [1.165, 1.54) is 11.8 Å². The van der Waals surface area contributed by atoms with E-state index in [0.29, 0.717) is 40.3 Å². The van der Waals surface area contributed by atoms with Crippen LogP contribution in [0, 0.1) is 0 Å². The molecule has 0 bridgehead atoms. The van der Waals surface area contributed by atoms with Crippen LogP contribution >= 0.6 is 46.6 Å². The minimum absolute atomic E-state index is 0.0810. The zero-order valence-electron chi connectivity index (χ0n) is 18.4. The number of nitrogens with zero attached hydrogens (tertiary/aromatic N) is 1. The molecule has 2 amide bonds. The summed E-state index contributed by atoms with van der Waals surface area (Å²) in [5, 5.41) is 4.60. The molecule has 0 fully saturated rings. The quantitative estimate of drug-likeness (QED) is 0.324. The molecule has 1 unspecified atom stereocenters.